The molecule has 0 amide bonds. The van der Waals surface area contributed by atoms with Crippen molar-refractivity contribution in [3.05, 3.63) is 111 Å². The highest BCUT2D eigenvalue weighted by Crippen LogP contribution is 2.35. The van der Waals surface area contributed by atoms with Crippen molar-refractivity contribution < 1.29 is 28.0 Å². The maximum absolute atomic E-state index is 13.4. The van der Waals surface area contributed by atoms with E-state index in [4.69, 9.17) is 0 Å². The average Bonchev–Trinajstić information content (AvgIpc) is 2.83. The van der Waals surface area contributed by atoms with Gasteiger partial charge in [-0.15, -0.1) is 0 Å². The van der Waals surface area contributed by atoms with Crippen molar-refractivity contribution in [2.24, 2.45) is 0 Å². The Kier molecular flexibility index (Phi) is 5.52. The molecule has 1 heterocycles. The number of benzene rings is 3. The van der Waals surface area contributed by atoms with E-state index < -0.39 is 44.5 Å². The third kappa shape index (κ3) is 3.87. The summed E-state index contributed by atoms with van der Waals surface area (Å²) in [7, 11) is -4.38. The molecule has 1 N–H and O–H groups in total. The topological polar surface area (TPSA) is 135 Å². The standard InChI is InChI=1S/C23H16N2O7S/c26-19(15-10-12-17(13-11-15)25(29)30)14-24-21(22(27)16-6-2-1-3-7-16)23(28)18-8-4-5-9-20(18)33(24,31)32/h1-13,27H,14H2/b22-21-. The summed E-state index contributed by atoms with van der Waals surface area (Å²) < 4.78 is 27.4. The van der Waals surface area contributed by atoms with Crippen LogP contribution in [0, 0.1) is 10.1 Å². The van der Waals surface area contributed by atoms with Crippen LogP contribution in [0.3, 0.4) is 0 Å². The molecule has 10 heteroatoms. The number of Topliss-reactive ketones (excluding diaryl/α,β-unsaturated/α-hetero) is 2. The van der Waals surface area contributed by atoms with E-state index in [0.29, 0.717) is 4.31 Å². The molecule has 0 bridgehead atoms. The second-order valence-electron chi connectivity index (χ2n) is 7.13. The summed E-state index contributed by atoms with van der Waals surface area (Å²) in [5, 5.41) is 21.7. The zero-order valence-corrected chi connectivity index (χ0v) is 17.7. The van der Waals surface area contributed by atoms with Gasteiger partial charge < -0.3 is 5.11 Å². The molecule has 1 aliphatic heterocycles. The number of nitro groups is 1. The lowest BCUT2D eigenvalue weighted by Gasteiger charge is -2.31. The van der Waals surface area contributed by atoms with Gasteiger partial charge in [-0.3, -0.25) is 24.0 Å². The lowest BCUT2D eigenvalue weighted by atomic mass is 10.0. The molecule has 3 aromatic rings. The molecule has 9 nitrogen and oxygen atoms in total. The Balaban J connectivity index is 1.85. The van der Waals surface area contributed by atoms with E-state index in [1.807, 2.05) is 0 Å². The first kappa shape index (κ1) is 21.9. The van der Waals surface area contributed by atoms with Crippen molar-refractivity contribution in [3.8, 4) is 0 Å². The molecule has 0 spiro atoms. The Morgan fingerprint density at radius 1 is 0.909 bits per heavy atom. The van der Waals surface area contributed by atoms with Crippen molar-refractivity contribution in [2.75, 3.05) is 6.54 Å². The fourth-order valence-electron chi connectivity index (χ4n) is 3.47. The summed E-state index contributed by atoms with van der Waals surface area (Å²) in [6.07, 6.45) is 0. The number of sulfonamides is 1. The molecule has 0 fully saturated rings. The third-order valence-electron chi connectivity index (χ3n) is 5.12. The quantitative estimate of drug-likeness (QED) is 0.200. The number of rotatable bonds is 5. The first-order valence-electron chi connectivity index (χ1n) is 9.64. The van der Waals surface area contributed by atoms with Crippen LogP contribution in [0.2, 0.25) is 0 Å². The van der Waals surface area contributed by atoms with Gasteiger partial charge in [0.1, 0.15) is 5.70 Å². The van der Waals surface area contributed by atoms with Gasteiger partial charge in [0, 0.05) is 28.8 Å². The number of allylic oxidation sites excluding steroid dienone is 1. The number of carbonyl (C=O) groups is 2. The number of nitro benzene ring substituents is 1. The number of aliphatic hydroxyl groups excluding tert-OH is 1. The molecule has 0 saturated heterocycles. The van der Waals surface area contributed by atoms with E-state index in [0.717, 1.165) is 12.1 Å². The van der Waals surface area contributed by atoms with Gasteiger partial charge in [0.25, 0.3) is 15.7 Å². The van der Waals surface area contributed by atoms with Crippen LogP contribution in [0.4, 0.5) is 5.69 Å². The van der Waals surface area contributed by atoms with Crippen LogP contribution in [0.1, 0.15) is 26.3 Å². The van der Waals surface area contributed by atoms with E-state index in [1.165, 1.54) is 48.5 Å². The predicted octanol–water partition coefficient (Wildman–Crippen LogP) is 3.59. The van der Waals surface area contributed by atoms with Crippen LogP contribution in [0.15, 0.2) is 89.5 Å². The molecule has 0 radical (unpaired) electrons. The second-order valence-corrected chi connectivity index (χ2v) is 8.96. The van der Waals surface area contributed by atoms with E-state index in [9.17, 15) is 33.2 Å². The highest BCUT2D eigenvalue weighted by Gasteiger charge is 2.42. The minimum Gasteiger partial charge on any atom is -0.505 e. The number of ketones is 2. The number of non-ortho nitro benzene ring substituents is 1. The zero-order valence-electron chi connectivity index (χ0n) is 16.9. The summed E-state index contributed by atoms with van der Waals surface area (Å²) in [6.45, 7) is -0.785. The van der Waals surface area contributed by atoms with Gasteiger partial charge in [-0.2, -0.15) is 0 Å². The van der Waals surface area contributed by atoms with Crippen molar-refractivity contribution in [1.29, 1.82) is 0 Å². The fraction of sp³-hybridized carbons (Fsp3) is 0.0435. The maximum Gasteiger partial charge on any atom is 0.269 e. The van der Waals surface area contributed by atoms with Gasteiger partial charge >= 0.3 is 0 Å². The molecule has 0 aromatic heterocycles. The molecule has 0 atom stereocenters. The molecular formula is C23H16N2O7S. The van der Waals surface area contributed by atoms with E-state index in [-0.39, 0.29) is 27.3 Å². The Labute approximate surface area is 188 Å². The maximum atomic E-state index is 13.4. The van der Waals surface area contributed by atoms with Gasteiger partial charge in [0.2, 0.25) is 5.78 Å². The van der Waals surface area contributed by atoms with Gasteiger partial charge in [0.15, 0.2) is 11.5 Å². The number of carbonyl (C=O) groups excluding carboxylic acids is 2. The highest BCUT2D eigenvalue weighted by atomic mass is 32.2. The lowest BCUT2D eigenvalue weighted by Crippen LogP contribution is -2.42. The molecule has 166 valence electrons. The van der Waals surface area contributed by atoms with Crippen molar-refractivity contribution in [1.82, 2.24) is 4.31 Å². The largest absolute Gasteiger partial charge is 0.505 e. The summed E-state index contributed by atoms with van der Waals surface area (Å²) in [5.41, 5.74) is -0.684. The Morgan fingerprint density at radius 2 is 1.52 bits per heavy atom. The molecule has 0 unspecified atom stereocenters. The summed E-state index contributed by atoms with van der Waals surface area (Å²) >= 11 is 0. The van der Waals surface area contributed by atoms with Gasteiger partial charge in [0.05, 0.1) is 16.4 Å². The van der Waals surface area contributed by atoms with Crippen molar-refractivity contribution in [2.45, 2.75) is 4.90 Å². The molecule has 4 rings (SSSR count). The number of hydrogen-bond donors (Lipinski definition) is 1. The fourth-order valence-corrected chi connectivity index (χ4v) is 5.10. The summed E-state index contributed by atoms with van der Waals surface area (Å²) in [5.74, 6) is -2.05. The molecule has 1 aliphatic rings. The van der Waals surface area contributed by atoms with Crippen molar-refractivity contribution in [3.63, 3.8) is 0 Å². The number of aliphatic hydroxyl groups is 1. The Morgan fingerprint density at radius 3 is 2.15 bits per heavy atom. The van der Waals surface area contributed by atoms with Crippen LogP contribution in [-0.2, 0) is 10.0 Å². The molecule has 0 aliphatic carbocycles. The van der Waals surface area contributed by atoms with E-state index >= 15 is 0 Å². The summed E-state index contributed by atoms with van der Waals surface area (Å²) in [4.78, 5) is 36.1. The number of hydrogen-bond acceptors (Lipinski definition) is 7. The third-order valence-corrected chi connectivity index (χ3v) is 6.93. The zero-order chi connectivity index (χ0) is 23.8. The number of fused-ring (bicyclic) bond motifs is 1. The predicted molar refractivity (Wildman–Crippen MR) is 118 cm³/mol. The van der Waals surface area contributed by atoms with Gasteiger partial charge in [-0.25, -0.2) is 8.42 Å². The smallest absolute Gasteiger partial charge is 0.269 e. The Hall–Kier alpha value is -4.31. The first-order valence-corrected chi connectivity index (χ1v) is 11.1. The molecule has 0 saturated carbocycles. The Bertz CT molecular complexity index is 1410. The number of nitrogens with zero attached hydrogens (tertiary/aromatic N) is 2. The van der Waals surface area contributed by atoms with Crippen LogP contribution < -0.4 is 0 Å². The molecule has 3 aromatic carbocycles. The summed E-state index contributed by atoms with van der Waals surface area (Å²) in [6, 6.07) is 18.1. The van der Waals surface area contributed by atoms with Crippen LogP contribution in [0.5, 0.6) is 0 Å². The van der Waals surface area contributed by atoms with E-state index in [1.54, 1.807) is 18.2 Å². The minimum atomic E-state index is -4.38. The average molecular weight is 464 g/mol. The monoisotopic (exact) mass is 464 g/mol. The normalized spacial score (nSPS) is 16.1. The van der Waals surface area contributed by atoms with Crippen LogP contribution in [-0.4, -0.2) is 40.9 Å². The highest BCUT2D eigenvalue weighted by molar-refractivity contribution is 7.89. The lowest BCUT2D eigenvalue weighted by molar-refractivity contribution is -0.384. The molecule has 33 heavy (non-hydrogen) atoms. The second kappa shape index (κ2) is 8.32. The first-order chi connectivity index (χ1) is 15.7. The van der Waals surface area contributed by atoms with Crippen LogP contribution in [0.25, 0.3) is 5.76 Å². The molecular weight excluding hydrogens is 448 g/mol. The van der Waals surface area contributed by atoms with E-state index in [2.05, 4.69) is 0 Å². The van der Waals surface area contributed by atoms with Gasteiger partial charge in [-0.1, -0.05) is 42.5 Å². The van der Waals surface area contributed by atoms with Crippen LogP contribution >= 0.6 is 0 Å². The van der Waals surface area contributed by atoms with Gasteiger partial charge in [-0.05, 0) is 24.3 Å². The minimum absolute atomic E-state index is 0.0145. The SMILES string of the molecule is O=C(CN1/C(=C(\O)c2ccccc2)C(=O)c2ccccc2S1(=O)=O)c1ccc([N+](=O)[O-])cc1. The van der Waals surface area contributed by atoms with Crippen molar-refractivity contribution >= 4 is 33.0 Å².